The summed E-state index contributed by atoms with van der Waals surface area (Å²) in [5.41, 5.74) is 4.72. The van der Waals surface area contributed by atoms with Gasteiger partial charge in [0.15, 0.2) is 5.65 Å². The van der Waals surface area contributed by atoms with Crippen LogP contribution in [0.5, 0.6) is 0 Å². The fraction of sp³-hybridized carbons (Fsp3) is 0.280. The van der Waals surface area contributed by atoms with E-state index in [1.54, 1.807) is 41.6 Å². The summed E-state index contributed by atoms with van der Waals surface area (Å²) in [6.07, 6.45) is 1.74. The van der Waals surface area contributed by atoms with E-state index in [2.05, 4.69) is 44.9 Å². The Bertz CT molecular complexity index is 1340. The number of nitrogens with zero attached hydrogens (tertiary/aromatic N) is 5. The van der Waals surface area contributed by atoms with E-state index < -0.39 is 0 Å². The first-order valence-electron chi connectivity index (χ1n) is 10.5. The SMILES string of the molecule is Cc1cc(-c2cc(C(=O)N(C)Cc3ccc(C#N)cc3)c3cnn(C(C)C)c3n2)c(C)s1. The summed E-state index contributed by atoms with van der Waals surface area (Å²) in [6, 6.07) is 13.6. The van der Waals surface area contributed by atoms with Crippen LogP contribution in [0.25, 0.3) is 22.3 Å². The first-order valence-corrected chi connectivity index (χ1v) is 11.3. The smallest absolute Gasteiger partial charge is 0.254 e. The molecule has 32 heavy (non-hydrogen) atoms. The zero-order chi connectivity index (χ0) is 23.0. The maximum absolute atomic E-state index is 13.6. The number of rotatable bonds is 5. The molecule has 3 heterocycles. The van der Waals surface area contributed by atoms with Gasteiger partial charge in [0, 0.05) is 35.0 Å². The Morgan fingerprint density at radius 3 is 2.53 bits per heavy atom. The van der Waals surface area contributed by atoms with Gasteiger partial charge in [-0.25, -0.2) is 9.67 Å². The van der Waals surface area contributed by atoms with Gasteiger partial charge in [0.1, 0.15) is 0 Å². The number of pyridine rings is 1. The molecule has 0 spiro atoms. The van der Waals surface area contributed by atoms with Crippen molar-refractivity contribution in [3.05, 3.63) is 69.0 Å². The number of benzene rings is 1. The summed E-state index contributed by atoms with van der Waals surface area (Å²) in [6.45, 7) is 8.71. The minimum absolute atomic E-state index is 0.0871. The number of carbonyl (C=O) groups is 1. The molecule has 6 nitrogen and oxygen atoms in total. The number of thiophene rings is 1. The van der Waals surface area contributed by atoms with Gasteiger partial charge in [0.25, 0.3) is 5.91 Å². The predicted octanol–water partition coefficient (Wildman–Crippen LogP) is 5.50. The molecule has 0 N–H and O–H groups in total. The van der Waals surface area contributed by atoms with Crippen molar-refractivity contribution >= 4 is 28.3 Å². The van der Waals surface area contributed by atoms with Gasteiger partial charge in [-0.2, -0.15) is 10.4 Å². The number of aryl methyl sites for hydroxylation is 2. The molecule has 162 valence electrons. The zero-order valence-electron chi connectivity index (χ0n) is 18.9. The van der Waals surface area contributed by atoms with Gasteiger partial charge >= 0.3 is 0 Å². The van der Waals surface area contributed by atoms with Gasteiger partial charge in [0.05, 0.1) is 34.5 Å². The fourth-order valence-electron chi connectivity index (χ4n) is 3.83. The van der Waals surface area contributed by atoms with Crippen molar-refractivity contribution in [2.75, 3.05) is 7.05 Å². The molecule has 0 atom stereocenters. The first kappa shape index (κ1) is 21.7. The molecule has 7 heteroatoms. The molecule has 0 aliphatic rings. The molecule has 0 saturated heterocycles. The summed E-state index contributed by atoms with van der Waals surface area (Å²) in [4.78, 5) is 22.5. The minimum atomic E-state index is -0.0871. The average molecular weight is 444 g/mol. The van der Waals surface area contributed by atoms with Crippen LogP contribution < -0.4 is 0 Å². The molecule has 3 aromatic heterocycles. The van der Waals surface area contributed by atoms with Crippen molar-refractivity contribution in [1.29, 1.82) is 5.26 Å². The molecule has 1 aromatic carbocycles. The van der Waals surface area contributed by atoms with Gasteiger partial charge in [-0.05, 0) is 57.5 Å². The number of hydrogen-bond donors (Lipinski definition) is 0. The van der Waals surface area contributed by atoms with Crippen molar-refractivity contribution < 1.29 is 4.79 Å². The van der Waals surface area contributed by atoms with Crippen LogP contribution in [0.15, 0.2) is 42.6 Å². The van der Waals surface area contributed by atoms with Gasteiger partial charge in [-0.1, -0.05) is 12.1 Å². The summed E-state index contributed by atoms with van der Waals surface area (Å²) in [5, 5.41) is 14.3. The lowest BCUT2D eigenvalue weighted by atomic mass is 10.1. The quantitative estimate of drug-likeness (QED) is 0.408. The molecule has 1 amide bonds. The van der Waals surface area contributed by atoms with Crippen LogP contribution in [0.3, 0.4) is 0 Å². The molecule has 0 bridgehead atoms. The number of carbonyl (C=O) groups excluding carboxylic acids is 1. The van der Waals surface area contributed by atoms with Crippen molar-refractivity contribution in [3.8, 4) is 17.3 Å². The number of amides is 1. The zero-order valence-corrected chi connectivity index (χ0v) is 19.7. The van der Waals surface area contributed by atoms with E-state index in [9.17, 15) is 4.79 Å². The highest BCUT2D eigenvalue weighted by molar-refractivity contribution is 7.12. The highest BCUT2D eigenvalue weighted by Crippen LogP contribution is 2.33. The second kappa shape index (κ2) is 8.56. The molecule has 0 unspecified atom stereocenters. The molecule has 0 radical (unpaired) electrons. The van der Waals surface area contributed by atoms with E-state index in [4.69, 9.17) is 10.2 Å². The third kappa shape index (κ3) is 4.02. The Kier molecular flexibility index (Phi) is 5.81. The van der Waals surface area contributed by atoms with Gasteiger partial charge in [-0.3, -0.25) is 4.79 Å². The Balaban J connectivity index is 1.78. The number of hydrogen-bond acceptors (Lipinski definition) is 5. The molecule has 0 fully saturated rings. The Morgan fingerprint density at radius 2 is 1.94 bits per heavy atom. The maximum atomic E-state index is 13.6. The second-order valence-corrected chi connectivity index (χ2v) is 9.73. The molecule has 0 saturated carbocycles. The van der Waals surface area contributed by atoms with Crippen molar-refractivity contribution in [2.45, 2.75) is 40.3 Å². The van der Waals surface area contributed by atoms with Crippen LogP contribution in [0.1, 0.15) is 51.1 Å². The van der Waals surface area contributed by atoms with Crippen LogP contribution in [0.2, 0.25) is 0 Å². The monoisotopic (exact) mass is 443 g/mol. The molecule has 4 rings (SSSR count). The highest BCUT2D eigenvalue weighted by Gasteiger charge is 2.22. The number of nitriles is 1. The van der Waals surface area contributed by atoms with E-state index in [-0.39, 0.29) is 11.9 Å². The first-order chi connectivity index (χ1) is 15.3. The van der Waals surface area contributed by atoms with Crippen molar-refractivity contribution in [2.24, 2.45) is 0 Å². The molecular weight excluding hydrogens is 418 g/mol. The normalized spacial score (nSPS) is 11.2. The highest BCUT2D eigenvalue weighted by atomic mass is 32.1. The predicted molar refractivity (Wildman–Crippen MR) is 128 cm³/mol. The molecule has 0 aliphatic carbocycles. The molecule has 4 aromatic rings. The van der Waals surface area contributed by atoms with Gasteiger partial charge in [0.2, 0.25) is 0 Å². The average Bonchev–Trinajstić information content (AvgIpc) is 3.35. The second-order valence-electron chi connectivity index (χ2n) is 8.27. The summed E-state index contributed by atoms with van der Waals surface area (Å²) in [7, 11) is 1.79. The molecular formula is C25H25N5OS. The van der Waals surface area contributed by atoms with Crippen LogP contribution in [-0.2, 0) is 6.54 Å². The third-order valence-electron chi connectivity index (χ3n) is 5.45. The van der Waals surface area contributed by atoms with Crippen LogP contribution in [0.4, 0.5) is 0 Å². The maximum Gasteiger partial charge on any atom is 0.254 e. The number of aromatic nitrogens is 3. The van der Waals surface area contributed by atoms with Crippen molar-refractivity contribution in [1.82, 2.24) is 19.7 Å². The lowest BCUT2D eigenvalue weighted by Crippen LogP contribution is -2.26. The lowest BCUT2D eigenvalue weighted by Gasteiger charge is -2.18. The number of fused-ring (bicyclic) bond motifs is 1. The molecule has 0 aliphatic heterocycles. The van der Waals surface area contributed by atoms with E-state index in [0.29, 0.717) is 17.7 Å². The fourth-order valence-corrected chi connectivity index (χ4v) is 4.77. The standard InChI is InChI=1S/C25H25N5OS/c1-15(2)30-24-22(13-27-30)21(11-23(28-24)20-10-16(3)32-17(20)4)25(31)29(5)14-19-8-6-18(12-26)7-9-19/h6-11,13,15H,14H2,1-5H3. The van der Waals surface area contributed by atoms with Crippen molar-refractivity contribution in [3.63, 3.8) is 0 Å². The van der Waals surface area contributed by atoms with E-state index >= 15 is 0 Å². The Hall–Kier alpha value is -3.50. The third-order valence-corrected chi connectivity index (χ3v) is 6.42. The van der Waals surface area contributed by atoms with Crippen LogP contribution in [0, 0.1) is 25.2 Å². The summed E-state index contributed by atoms with van der Waals surface area (Å²) >= 11 is 1.73. The van der Waals surface area contributed by atoms with Gasteiger partial charge in [-0.15, -0.1) is 11.3 Å². The summed E-state index contributed by atoms with van der Waals surface area (Å²) < 4.78 is 1.87. The Morgan fingerprint density at radius 1 is 1.22 bits per heavy atom. The van der Waals surface area contributed by atoms with Crippen LogP contribution in [-0.4, -0.2) is 32.6 Å². The summed E-state index contributed by atoms with van der Waals surface area (Å²) in [5.74, 6) is -0.0871. The lowest BCUT2D eigenvalue weighted by molar-refractivity contribution is 0.0787. The minimum Gasteiger partial charge on any atom is -0.337 e. The largest absolute Gasteiger partial charge is 0.337 e. The topological polar surface area (TPSA) is 74.8 Å². The van der Waals surface area contributed by atoms with E-state index in [0.717, 1.165) is 27.9 Å². The van der Waals surface area contributed by atoms with E-state index in [1.807, 2.05) is 22.9 Å². The van der Waals surface area contributed by atoms with Crippen LogP contribution >= 0.6 is 11.3 Å². The van der Waals surface area contributed by atoms with Gasteiger partial charge < -0.3 is 4.90 Å². The van der Waals surface area contributed by atoms with E-state index in [1.165, 1.54) is 9.75 Å². The Labute approximate surface area is 191 Å².